The van der Waals surface area contributed by atoms with Crippen LogP contribution in [0, 0.1) is 5.92 Å². The van der Waals surface area contributed by atoms with Crippen LogP contribution in [0.5, 0.6) is 5.75 Å². The van der Waals surface area contributed by atoms with E-state index in [4.69, 9.17) is 26.6 Å². The highest BCUT2D eigenvalue weighted by atomic mass is 35.5. The lowest BCUT2D eigenvalue weighted by Crippen LogP contribution is -2.19. The van der Waals surface area contributed by atoms with Gasteiger partial charge < -0.3 is 15.0 Å². The predicted octanol–water partition coefficient (Wildman–Crippen LogP) is 3.76. The molecule has 0 amide bonds. The Labute approximate surface area is 116 Å². The highest BCUT2D eigenvalue weighted by Gasteiger charge is 2.18. The van der Waals surface area contributed by atoms with Crippen LogP contribution in [0.2, 0.25) is 5.02 Å². The minimum absolute atomic E-state index is 0.284. The summed E-state index contributed by atoms with van der Waals surface area (Å²) in [6.45, 7) is 0.751. The highest BCUT2D eigenvalue weighted by molar-refractivity contribution is 6.31. The van der Waals surface area contributed by atoms with Crippen molar-refractivity contribution >= 4 is 17.5 Å². The molecule has 19 heavy (non-hydrogen) atoms. The Bertz CT molecular complexity index is 579. The molecule has 1 aromatic heterocycles. The van der Waals surface area contributed by atoms with Crippen LogP contribution in [0.4, 0.5) is 5.88 Å². The second-order valence-corrected chi connectivity index (χ2v) is 5.33. The molecule has 1 aromatic carbocycles. The first-order valence-electron chi connectivity index (χ1n) is 6.36. The number of ether oxygens (including phenoxy) is 1. The molecule has 0 bridgehead atoms. The molecule has 1 aliphatic rings. The molecule has 0 atom stereocenters. The third-order valence-electron chi connectivity index (χ3n) is 3.41. The van der Waals surface area contributed by atoms with E-state index >= 15 is 0 Å². The SMILES string of the molecule is Nc1cc(-c2cc(Cl)cc(OCC3CCC3)c2)no1. The fraction of sp³-hybridized carbons (Fsp3) is 0.357. The summed E-state index contributed by atoms with van der Waals surface area (Å²) < 4.78 is 10.7. The van der Waals surface area contributed by atoms with Gasteiger partial charge in [-0.15, -0.1) is 0 Å². The van der Waals surface area contributed by atoms with Crippen LogP contribution < -0.4 is 10.5 Å². The molecule has 3 rings (SSSR count). The molecule has 2 N–H and O–H groups in total. The van der Waals surface area contributed by atoms with Gasteiger partial charge in [0.05, 0.1) is 6.61 Å². The van der Waals surface area contributed by atoms with Gasteiger partial charge in [-0.25, -0.2) is 0 Å². The molecule has 0 saturated heterocycles. The molecule has 1 heterocycles. The lowest BCUT2D eigenvalue weighted by molar-refractivity contribution is 0.180. The topological polar surface area (TPSA) is 61.3 Å². The monoisotopic (exact) mass is 278 g/mol. The molecule has 5 heteroatoms. The Morgan fingerprint density at radius 2 is 2.16 bits per heavy atom. The molecule has 4 nitrogen and oxygen atoms in total. The molecule has 1 saturated carbocycles. The van der Waals surface area contributed by atoms with Gasteiger partial charge in [-0.1, -0.05) is 23.2 Å². The van der Waals surface area contributed by atoms with Crippen LogP contribution in [0.1, 0.15) is 19.3 Å². The van der Waals surface area contributed by atoms with Gasteiger partial charge in [-0.05, 0) is 37.0 Å². The Morgan fingerprint density at radius 3 is 2.79 bits per heavy atom. The summed E-state index contributed by atoms with van der Waals surface area (Å²) in [7, 11) is 0. The summed E-state index contributed by atoms with van der Waals surface area (Å²) in [6.07, 6.45) is 3.83. The number of halogens is 1. The highest BCUT2D eigenvalue weighted by Crippen LogP contribution is 2.31. The lowest BCUT2D eigenvalue weighted by atomic mass is 9.86. The minimum atomic E-state index is 0.284. The second kappa shape index (κ2) is 5.13. The van der Waals surface area contributed by atoms with Gasteiger partial charge in [0.25, 0.3) is 0 Å². The van der Waals surface area contributed by atoms with Crippen molar-refractivity contribution in [1.29, 1.82) is 0 Å². The molecule has 0 aliphatic heterocycles. The van der Waals surface area contributed by atoms with E-state index < -0.39 is 0 Å². The van der Waals surface area contributed by atoms with E-state index in [0.717, 1.165) is 17.9 Å². The minimum Gasteiger partial charge on any atom is -0.493 e. The van der Waals surface area contributed by atoms with Gasteiger partial charge in [0, 0.05) is 16.7 Å². The van der Waals surface area contributed by atoms with Crippen molar-refractivity contribution in [3.8, 4) is 17.0 Å². The maximum absolute atomic E-state index is 6.10. The number of rotatable bonds is 4. The van der Waals surface area contributed by atoms with Crippen molar-refractivity contribution in [3.05, 3.63) is 29.3 Å². The largest absolute Gasteiger partial charge is 0.493 e. The predicted molar refractivity (Wildman–Crippen MR) is 74.2 cm³/mol. The number of hydrogen-bond donors (Lipinski definition) is 1. The van der Waals surface area contributed by atoms with E-state index in [2.05, 4.69) is 5.16 Å². The van der Waals surface area contributed by atoms with Gasteiger partial charge >= 0.3 is 0 Å². The van der Waals surface area contributed by atoms with Gasteiger partial charge in [0.15, 0.2) is 0 Å². The van der Waals surface area contributed by atoms with E-state index in [1.165, 1.54) is 19.3 Å². The van der Waals surface area contributed by atoms with E-state index in [-0.39, 0.29) is 5.88 Å². The first-order chi connectivity index (χ1) is 9.20. The number of nitrogens with two attached hydrogens (primary N) is 1. The van der Waals surface area contributed by atoms with Gasteiger partial charge in [-0.2, -0.15) is 0 Å². The van der Waals surface area contributed by atoms with Crippen molar-refractivity contribution in [2.24, 2.45) is 5.92 Å². The summed E-state index contributed by atoms with van der Waals surface area (Å²) in [5, 5.41) is 4.49. The molecule has 0 radical (unpaired) electrons. The van der Waals surface area contributed by atoms with Crippen LogP contribution in [0.15, 0.2) is 28.8 Å². The van der Waals surface area contributed by atoms with Crippen LogP contribution in [-0.2, 0) is 0 Å². The number of nitrogen functional groups attached to an aromatic ring is 1. The third-order valence-corrected chi connectivity index (χ3v) is 3.62. The maximum atomic E-state index is 6.10. The molecular weight excluding hydrogens is 264 g/mol. The van der Waals surface area contributed by atoms with Gasteiger partial charge in [-0.3, -0.25) is 0 Å². The standard InChI is InChI=1S/C14H15ClN2O2/c15-11-4-10(13-7-14(16)19-17-13)5-12(6-11)18-8-9-2-1-3-9/h4-7,9H,1-3,8,16H2. The second-order valence-electron chi connectivity index (χ2n) is 4.90. The van der Waals surface area contributed by atoms with Crippen molar-refractivity contribution < 1.29 is 9.26 Å². The fourth-order valence-electron chi connectivity index (χ4n) is 2.09. The van der Waals surface area contributed by atoms with E-state index in [9.17, 15) is 0 Å². The molecule has 100 valence electrons. The van der Waals surface area contributed by atoms with Crippen molar-refractivity contribution in [2.75, 3.05) is 12.3 Å². The average molecular weight is 279 g/mol. The van der Waals surface area contributed by atoms with Crippen LogP contribution >= 0.6 is 11.6 Å². The summed E-state index contributed by atoms with van der Waals surface area (Å²) in [5.74, 6) is 1.73. The zero-order valence-corrected chi connectivity index (χ0v) is 11.2. The number of benzene rings is 1. The van der Waals surface area contributed by atoms with E-state index in [0.29, 0.717) is 16.6 Å². The molecule has 2 aromatic rings. The van der Waals surface area contributed by atoms with Crippen LogP contribution in [-0.4, -0.2) is 11.8 Å². The van der Waals surface area contributed by atoms with Crippen molar-refractivity contribution in [3.63, 3.8) is 0 Å². The normalized spacial score (nSPS) is 15.2. The number of hydrogen-bond acceptors (Lipinski definition) is 4. The van der Waals surface area contributed by atoms with Gasteiger partial charge in [0.1, 0.15) is 11.4 Å². The number of anilines is 1. The van der Waals surface area contributed by atoms with Gasteiger partial charge in [0.2, 0.25) is 5.88 Å². The third kappa shape index (κ3) is 2.84. The van der Waals surface area contributed by atoms with E-state index in [1.807, 2.05) is 18.2 Å². The maximum Gasteiger partial charge on any atom is 0.222 e. The molecule has 0 spiro atoms. The van der Waals surface area contributed by atoms with E-state index in [1.54, 1.807) is 6.07 Å². The molecule has 0 unspecified atom stereocenters. The van der Waals surface area contributed by atoms with Crippen molar-refractivity contribution in [2.45, 2.75) is 19.3 Å². The Morgan fingerprint density at radius 1 is 1.32 bits per heavy atom. The Kier molecular flexibility index (Phi) is 3.34. The average Bonchev–Trinajstić information content (AvgIpc) is 2.73. The number of nitrogens with zero attached hydrogens (tertiary/aromatic N) is 1. The molecule has 1 fully saturated rings. The quantitative estimate of drug-likeness (QED) is 0.925. The summed E-state index contributed by atoms with van der Waals surface area (Å²) >= 11 is 6.10. The Balaban J connectivity index is 1.78. The summed E-state index contributed by atoms with van der Waals surface area (Å²) in [6, 6.07) is 7.20. The first-order valence-corrected chi connectivity index (χ1v) is 6.74. The Hall–Kier alpha value is -1.68. The summed E-state index contributed by atoms with van der Waals surface area (Å²) in [4.78, 5) is 0. The fourth-order valence-corrected chi connectivity index (χ4v) is 2.32. The smallest absolute Gasteiger partial charge is 0.222 e. The molecular formula is C14H15ClN2O2. The first kappa shape index (κ1) is 12.4. The van der Waals surface area contributed by atoms with Crippen LogP contribution in [0.25, 0.3) is 11.3 Å². The van der Waals surface area contributed by atoms with Crippen molar-refractivity contribution in [1.82, 2.24) is 5.16 Å². The van der Waals surface area contributed by atoms with Crippen LogP contribution in [0.3, 0.4) is 0 Å². The molecule has 1 aliphatic carbocycles. The number of aromatic nitrogens is 1. The zero-order chi connectivity index (χ0) is 13.2. The zero-order valence-electron chi connectivity index (χ0n) is 10.4. The summed E-state index contributed by atoms with van der Waals surface area (Å²) in [5.41, 5.74) is 7.03. The lowest BCUT2D eigenvalue weighted by Gasteiger charge is -2.25.